The van der Waals surface area contributed by atoms with Crippen LogP contribution in [0, 0.1) is 0 Å². The molecule has 0 aliphatic carbocycles. The Kier molecular flexibility index (Phi) is 4.36. The largest absolute Gasteiger partial charge is 0.274 e. The number of rotatable bonds is 3. The third kappa shape index (κ3) is 5.50. The molecule has 0 bridgehead atoms. The summed E-state index contributed by atoms with van der Waals surface area (Å²) < 4.78 is 0. The van der Waals surface area contributed by atoms with E-state index in [1.165, 1.54) is 0 Å². The van der Waals surface area contributed by atoms with Gasteiger partial charge in [-0.1, -0.05) is 6.08 Å². The quantitative estimate of drug-likeness (QED) is 0.562. The summed E-state index contributed by atoms with van der Waals surface area (Å²) in [6.07, 6.45) is 3.87. The van der Waals surface area contributed by atoms with E-state index in [2.05, 4.69) is 5.48 Å². The van der Waals surface area contributed by atoms with Gasteiger partial charge in [0.15, 0.2) is 0 Å². The molecule has 8 heavy (non-hydrogen) atoms. The fourth-order valence-corrected chi connectivity index (χ4v) is 0.243. The summed E-state index contributed by atoms with van der Waals surface area (Å²) in [5.41, 5.74) is 2.65. The fraction of sp³-hybridized carbons (Fsp3) is 0.667. The third-order valence-electron chi connectivity index (χ3n) is 0.538. The van der Waals surface area contributed by atoms with Crippen molar-refractivity contribution in [1.29, 1.82) is 0 Å². The van der Waals surface area contributed by atoms with Crippen LogP contribution in [0.1, 0.15) is 20.8 Å². The van der Waals surface area contributed by atoms with Gasteiger partial charge in [-0.3, -0.25) is 10.3 Å². The molecule has 1 N–H and O–H groups in total. The molecule has 2 heteroatoms. The molecular formula is C6H13NO. The lowest BCUT2D eigenvalue weighted by Crippen LogP contribution is -2.12. The third-order valence-corrected chi connectivity index (χ3v) is 0.538. The zero-order chi connectivity index (χ0) is 6.41. The van der Waals surface area contributed by atoms with E-state index >= 15 is 0 Å². The van der Waals surface area contributed by atoms with Crippen LogP contribution in [0.5, 0.6) is 0 Å². The molecule has 0 saturated heterocycles. The molecule has 0 aliphatic rings. The van der Waals surface area contributed by atoms with Crippen LogP contribution in [0.3, 0.4) is 0 Å². The van der Waals surface area contributed by atoms with Crippen molar-refractivity contribution in [2.75, 3.05) is 0 Å². The van der Waals surface area contributed by atoms with Crippen molar-refractivity contribution in [2.24, 2.45) is 0 Å². The van der Waals surface area contributed by atoms with Gasteiger partial charge in [0, 0.05) is 6.20 Å². The average Bonchev–Trinajstić information content (AvgIpc) is 1.66. The molecule has 2 nitrogen and oxygen atoms in total. The van der Waals surface area contributed by atoms with Crippen LogP contribution in [0.15, 0.2) is 12.3 Å². The van der Waals surface area contributed by atoms with Gasteiger partial charge < -0.3 is 0 Å². The van der Waals surface area contributed by atoms with E-state index in [4.69, 9.17) is 4.84 Å². The molecule has 0 atom stereocenters. The van der Waals surface area contributed by atoms with E-state index in [0.717, 1.165) is 0 Å². The van der Waals surface area contributed by atoms with Crippen molar-refractivity contribution >= 4 is 0 Å². The number of hydroxylamine groups is 1. The second-order valence-corrected chi connectivity index (χ2v) is 1.78. The van der Waals surface area contributed by atoms with E-state index in [1.54, 1.807) is 6.20 Å². The molecule has 48 valence electrons. The first-order chi connectivity index (χ1) is 3.77. The molecule has 0 fully saturated rings. The van der Waals surface area contributed by atoms with Gasteiger partial charge in [-0.15, -0.1) is 0 Å². The van der Waals surface area contributed by atoms with Crippen LogP contribution < -0.4 is 5.48 Å². The highest BCUT2D eigenvalue weighted by atomic mass is 16.7. The Hall–Kier alpha value is -0.500. The first-order valence-corrected chi connectivity index (χ1v) is 2.79. The molecule has 0 aromatic rings. The lowest BCUT2D eigenvalue weighted by atomic mass is 10.5. The summed E-state index contributed by atoms with van der Waals surface area (Å²) in [6, 6.07) is 0. The molecule has 0 rings (SSSR count). The Morgan fingerprint density at radius 1 is 1.50 bits per heavy atom. The molecule has 0 saturated carbocycles. The van der Waals surface area contributed by atoms with Crippen molar-refractivity contribution < 1.29 is 4.84 Å². The zero-order valence-electron chi connectivity index (χ0n) is 5.64. The Bertz CT molecular complexity index is 68.9. The summed E-state index contributed by atoms with van der Waals surface area (Å²) in [5, 5.41) is 0. The standard InChI is InChI=1S/C6H13NO/c1-4-5-7-8-6(2)3/h4-7H,1-3H3/b5-4-. The van der Waals surface area contributed by atoms with Crippen LogP contribution >= 0.6 is 0 Å². The predicted molar refractivity (Wildman–Crippen MR) is 34.2 cm³/mol. The summed E-state index contributed by atoms with van der Waals surface area (Å²) in [5.74, 6) is 0. The van der Waals surface area contributed by atoms with Gasteiger partial charge in [-0.2, -0.15) is 0 Å². The van der Waals surface area contributed by atoms with Gasteiger partial charge in [-0.25, -0.2) is 0 Å². The summed E-state index contributed by atoms with van der Waals surface area (Å²) in [7, 11) is 0. The van der Waals surface area contributed by atoms with Crippen LogP contribution in [0.2, 0.25) is 0 Å². The minimum Gasteiger partial charge on any atom is -0.274 e. The highest BCUT2D eigenvalue weighted by Crippen LogP contribution is 1.80. The fourth-order valence-electron chi connectivity index (χ4n) is 0.243. The Labute approximate surface area is 50.5 Å². The number of hydrogen-bond acceptors (Lipinski definition) is 2. The van der Waals surface area contributed by atoms with Crippen molar-refractivity contribution in [3.8, 4) is 0 Å². The highest BCUT2D eigenvalue weighted by Gasteiger charge is 1.85. The second kappa shape index (κ2) is 4.65. The molecule has 0 unspecified atom stereocenters. The minimum atomic E-state index is 0.242. The van der Waals surface area contributed by atoms with Crippen molar-refractivity contribution in [3.05, 3.63) is 12.3 Å². The smallest absolute Gasteiger partial charge is 0.0797 e. The van der Waals surface area contributed by atoms with Gasteiger partial charge in [0.25, 0.3) is 0 Å². The molecule has 0 aromatic carbocycles. The van der Waals surface area contributed by atoms with E-state index in [1.807, 2.05) is 26.8 Å². The highest BCUT2D eigenvalue weighted by molar-refractivity contribution is 4.69. The first kappa shape index (κ1) is 7.50. The maximum atomic E-state index is 4.95. The van der Waals surface area contributed by atoms with E-state index in [9.17, 15) is 0 Å². The number of hydrogen-bond donors (Lipinski definition) is 1. The lowest BCUT2D eigenvalue weighted by molar-refractivity contribution is 0.0211. The molecule has 0 radical (unpaired) electrons. The normalized spacial score (nSPS) is 11.0. The predicted octanol–water partition coefficient (Wildman–Crippen LogP) is 1.45. The number of nitrogens with one attached hydrogen (secondary N) is 1. The maximum Gasteiger partial charge on any atom is 0.0797 e. The monoisotopic (exact) mass is 115 g/mol. The Morgan fingerprint density at radius 3 is 2.50 bits per heavy atom. The number of allylic oxidation sites excluding steroid dienone is 1. The van der Waals surface area contributed by atoms with Gasteiger partial charge in [-0.05, 0) is 20.8 Å². The Balaban J connectivity index is 2.93. The van der Waals surface area contributed by atoms with Crippen LogP contribution in [-0.2, 0) is 4.84 Å². The SMILES string of the molecule is C/C=C\NOC(C)C. The second-order valence-electron chi connectivity index (χ2n) is 1.78. The van der Waals surface area contributed by atoms with Gasteiger partial charge in [0.2, 0.25) is 0 Å². The van der Waals surface area contributed by atoms with Gasteiger partial charge in [0.1, 0.15) is 0 Å². The van der Waals surface area contributed by atoms with E-state index in [0.29, 0.717) is 0 Å². The van der Waals surface area contributed by atoms with Crippen molar-refractivity contribution in [1.82, 2.24) is 5.48 Å². The summed E-state index contributed by atoms with van der Waals surface area (Å²) in [6.45, 7) is 5.86. The lowest BCUT2D eigenvalue weighted by Gasteiger charge is -2.03. The van der Waals surface area contributed by atoms with Crippen LogP contribution in [0.4, 0.5) is 0 Å². The van der Waals surface area contributed by atoms with Crippen LogP contribution in [-0.4, -0.2) is 6.10 Å². The Morgan fingerprint density at radius 2 is 2.12 bits per heavy atom. The van der Waals surface area contributed by atoms with Crippen molar-refractivity contribution in [2.45, 2.75) is 26.9 Å². The maximum absolute atomic E-state index is 4.95. The van der Waals surface area contributed by atoms with Crippen LogP contribution in [0.25, 0.3) is 0 Å². The first-order valence-electron chi connectivity index (χ1n) is 2.79. The van der Waals surface area contributed by atoms with Gasteiger partial charge >= 0.3 is 0 Å². The molecule has 0 heterocycles. The van der Waals surface area contributed by atoms with Gasteiger partial charge in [0.05, 0.1) is 6.10 Å². The van der Waals surface area contributed by atoms with E-state index < -0.39 is 0 Å². The molecule has 0 spiro atoms. The van der Waals surface area contributed by atoms with E-state index in [-0.39, 0.29) is 6.10 Å². The molecular weight excluding hydrogens is 102 g/mol. The minimum absolute atomic E-state index is 0.242. The molecule has 0 aromatic heterocycles. The molecule has 0 amide bonds. The van der Waals surface area contributed by atoms with Crippen molar-refractivity contribution in [3.63, 3.8) is 0 Å². The average molecular weight is 115 g/mol. The molecule has 0 aliphatic heterocycles. The summed E-state index contributed by atoms with van der Waals surface area (Å²) in [4.78, 5) is 4.95. The zero-order valence-corrected chi connectivity index (χ0v) is 5.64. The topological polar surface area (TPSA) is 21.3 Å². The summed E-state index contributed by atoms with van der Waals surface area (Å²) >= 11 is 0.